The Morgan fingerprint density at radius 2 is 0.952 bits per heavy atom. The van der Waals surface area contributed by atoms with Gasteiger partial charge in [0.2, 0.25) is 5.43 Å². The molecule has 4 aromatic rings. The van der Waals surface area contributed by atoms with E-state index < -0.39 is 0 Å². The molecule has 0 unspecified atom stereocenters. The van der Waals surface area contributed by atoms with E-state index in [1.165, 1.54) is 33.4 Å². The Kier molecular flexibility index (Phi) is 8.71. The monoisotopic (exact) mass is 584 g/mol. The van der Waals surface area contributed by atoms with Crippen molar-refractivity contribution in [3.8, 4) is 0 Å². The van der Waals surface area contributed by atoms with Crippen molar-refractivity contribution in [3.05, 3.63) is 72.1 Å². The molecule has 222 valence electrons. The third kappa shape index (κ3) is 4.61. The van der Waals surface area contributed by atoms with Crippen molar-refractivity contribution in [1.82, 2.24) is 19.9 Å². The molecule has 0 amide bonds. The summed E-state index contributed by atoms with van der Waals surface area (Å²) in [5, 5.41) is 0.684. The number of aromatic nitrogens is 4. The fourth-order valence-electron chi connectivity index (χ4n) is 7.28. The zero-order valence-corrected chi connectivity index (χ0v) is 27.3. The number of nitrogens with one attached hydrogen (secondary N) is 3. The van der Waals surface area contributed by atoms with Crippen molar-refractivity contribution in [2.45, 2.75) is 107 Å². The highest BCUT2D eigenvalue weighted by molar-refractivity contribution is 6.36. The van der Waals surface area contributed by atoms with Crippen LogP contribution in [0.3, 0.4) is 0 Å². The molecule has 0 aliphatic carbocycles. The van der Waals surface area contributed by atoms with E-state index in [1.54, 1.807) is 0 Å². The molecule has 5 rings (SSSR count). The number of hydrogen-bond donors (Lipinski definition) is 3. The van der Waals surface area contributed by atoms with Crippen LogP contribution < -0.4 is 5.43 Å². The van der Waals surface area contributed by atoms with Crippen molar-refractivity contribution in [2.75, 3.05) is 0 Å². The minimum absolute atomic E-state index is 0.0362. The summed E-state index contributed by atoms with van der Waals surface area (Å²) in [5.41, 5.74) is 16.7. The van der Waals surface area contributed by atoms with Crippen molar-refractivity contribution >= 4 is 55.8 Å². The molecule has 0 radical (unpaired) electrons. The SMILES string of the molecule is CCC1=C(CC)c2nc1cc1[nH]c(c(CC)c1CC)c(=O)c1[nH]c(cc3[nH]c(c2Cl)c(CC)c3CC)c(CC)c1CC. The molecule has 8 bridgehead atoms. The first-order chi connectivity index (χ1) is 20.3. The molecule has 4 aromatic heterocycles. The van der Waals surface area contributed by atoms with Crippen LogP contribution in [0.25, 0.3) is 44.2 Å². The summed E-state index contributed by atoms with van der Waals surface area (Å²) < 4.78 is 0. The molecule has 0 saturated carbocycles. The fourth-order valence-corrected chi connectivity index (χ4v) is 7.59. The van der Waals surface area contributed by atoms with Gasteiger partial charge in [-0.15, -0.1) is 0 Å². The van der Waals surface area contributed by atoms with Gasteiger partial charge in [0.1, 0.15) is 0 Å². The number of nitrogens with zero attached hydrogens (tertiary/aromatic N) is 1. The molecule has 0 atom stereocenters. The van der Waals surface area contributed by atoms with Crippen LogP contribution in [0.4, 0.5) is 0 Å². The van der Waals surface area contributed by atoms with Crippen LogP contribution in [-0.2, 0) is 38.5 Å². The number of H-pyrrole nitrogens is 3. The van der Waals surface area contributed by atoms with E-state index in [4.69, 9.17) is 16.6 Å². The predicted octanol–water partition coefficient (Wildman–Crippen LogP) is 9.64. The molecular formula is C36H45ClN4O. The second-order valence-electron chi connectivity index (χ2n) is 11.2. The van der Waals surface area contributed by atoms with Crippen LogP contribution in [-0.4, -0.2) is 19.9 Å². The van der Waals surface area contributed by atoms with Crippen LogP contribution >= 0.6 is 11.6 Å². The Hall–Kier alpha value is -3.31. The van der Waals surface area contributed by atoms with Crippen molar-refractivity contribution in [3.63, 3.8) is 0 Å². The lowest BCUT2D eigenvalue weighted by molar-refractivity contribution is 1.07. The molecule has 0 saturated heterocycles. The Morgan fingerprint density at radius 3 is 1.38 bits per heavy atom. The van der Waals surface area contributed by atoms with E-state index in [2.05, 4.69) is 82.5 Å². The molecule has 6 heteroatoms. The maximum atomic E-state index is 14.4. The van der Waals surface area contributed by atoms with E-state index in [9.17, 15) is 4.79 Å². The Bertz CT molecular complexity index is 1900. The van der Waals surface area contributed by atoms with Crippen LogP contribution in [0.2, 0.25) is 5.02 Å². The van der Waals surface area contributed by atoms with Gasteiger partial charge in [-0.1, -0.05) is 67.0 Å². The van der Waals surface area contributed by atoms with Gasteiger partial charge >= 0.3 is 0 Å². The summed E-state index contributed by atoms with van der Waals surface area (Å²) >= 11 is 7.35. The average molecular weight is 585 g/mol. The minimum atomic E-state index is 0.0362. The summed E-state index contributed by atoms with van der Waals surface area (Å²) in [7, 11) is 0. The van der Waals surface area contributed by atoms with Crippen LogP contribution in [0.5, 0.6) is 0 Å². The zero-order chi connectivity index (χ0) is 30.3. The molecular weight excluding hydrogens is 540 g/mol. The third-order valence-corrected chi connectivity index (χ3v) is 9.59. The summed E-state index contributed by atoms with van der Waals surface area (Å²) in [6.07, 6.45) is 6.67. The number of aryl methyl sites for hydroxylation is 6. The topological polar surface area (TPSA) is 77.3 Å². The normalized spacial score (nSPS) is 12.7. The molecule has 0 fully saturated rings. The molecule has 0 spiro atoms. The lowest BCUT2D eigenvalue weighted by Crippen LogP contribution is -2.04. The van der Waals surface area contributed by atoms with Crippen LogP contribution in [0.1, 0.15) is 113 Å². The average Bonchev–Trinajstić information content (AvgIpc) is 3.74. The molecule has 1 aliphatic rings. The number of fused-ring (bicyclic) bond motifs is 8. The smallest absolute Gasteiger partial charge is 0.225 e. The Morgan fingerprint density at radius 1 is 0.548 bits per heavy atom. The molecule has 3 N–H and O–H groups in total. The van der Waals surface area contributed by atoms with Gasteiger partial charge in [0, 0.05) is 16.6 Å². The summed E-state index contributed by atoms with van der Waals surface area (Å²) in [4.78, 5) is 30.5. The van der Waals surface area contributed by atoms with Gasteiger partial charge < -0.3 is 15.0 Å². The van der Waals surface area contributed by atoms with Crippen LogP contribution in [0, 0.1) is 0 Å². The van der Waals surface area contributed by atoms with Gasteiger partial charge in [-0.3, -0.25) is 4.79 Å². The Balaban J connectivity index is 2.15. The second-order valence-corrected chi connectivity index (χ2v) is 11.6. The lowest BCUT2D eigenvalue weighted by Gasteiger charge is -2.05. The third-order valence-electron chi connectivity index (χ3n) is 9.22. The molecule has 0 aromatic carbocycles. The van der Waals surface area contributed by atoms with Gasteiger partial charge in [-0.25, -0.2) is 4.98 Å². The molecule has 1 aliphatic heterocycles. The standard InChI is InChI=1S/C36H45ClN4O/c1-9-19-23(13-5)32-31(37)33-24(14-6)20(10-2)28(39-33)18-30-22(12-4)26(16-8)35(41-30)36(42)34-25(15-7)21(11-3)29(40-34)17-27(19)38-32/h17-18,38,40-41H,9-16H2,1-8H3. The minimum Gasteiger partial charge on any atom is -0.354 e. The first kappa shape index (κ1) is 30.2. The first-order valence-corrected chi connectivity index (χ1v) is 16.4. The summed E-state index contributed by atoms with van der Waals surface area (Å²) in [6, 6.07) is 4.34. The summed E-state index contributed by atoms with van der Waals surface area (Å²) in [6.45, 7) is 17.4. The number of hydrogen-bond acceptors (Lipinski definition) is 2. The summed E-state index contributed by atoms with van der Waals surface area (Å²) in [5.74, 6) is 0. The zero-order valence-electron chi connectivity index (χ0n) is 26.5. The van der Waals surface area contributed by atoms with E-state index in [0.717, 1.165) is 95.9 Å². The largest absolute Gasteiger partial charge is 0.354 e. The van der Waals surface area contributed by atoms with E-state index >= 15 is 0 Å². The number of halogens is 1. The number of aromatic amines is 3. The lowest BCUT2D eigenvalue weighted by atomic mass is 9.99. The number of rotatable bonds is 8. The quantitative estimate of drug-likeness (QED) is 0.193. The highest BCUT2D eigenvalue weighted by Gasteiger charge is 2.23. The maximum absolute atomic E-state index is 14.4. The van der Waals surface area contributed by atoms with Crippen molar-refractivity contribution < 1.29 is 0 Å². The van der Waals surface area contributed by atoms with E-state index in [1.807, 2.05) is 0 Å². The van der Waals surface area contributed by atoms with Gasteiger partial charge in [0.15, 0.2) is 0 Å². The van der Waals surface area contributed by atoms with E-state index in [0.29, 0.717) is 16.1 Å². The van der Waals surface area contributed by atoms with Gasteiger partial charge in [-0.2, -0.15) is 0 Å². The highest BCUT2D eigenvalue weighted by Crippen LogP contribution is 2.40. The van der Waals surface area contributed by atoms with Crippen molar-refractivity contribution in [1.29, 1.82) is 0 Å². The maximum Gasteiger partial charge on any atom is 0.225 e. The van der Waals surface area contributed by atoms with Crippen LogP contribution in [0.15, 0.2) is 16.9 Å². The molecule has 42 heavy (non-hydrogen) atoms. The Labute approximate surface area is 254 Å². The fraction of sp³-hybridized carbons (Fsp3) is 0.444. The predicted molar refractivity (Wildman–Crippen MR) is 181 cm³/mol. The van der Waals surface area contributed by atoms with Gasteiger partial charge in [0.05, 0.1) is 33.0 Å². The first-order valence-electron chi connectivity index (χ1n) is 16.0. The van der Waals surface area contributed by atoms with Crippen molar-refractivity contribution in [2.24, 2.45) is 0 Å². The molecule has 5 nitrogen and oxygen atoms in total. The molecule has 5 heterocycles. The number of allylic oxidation sites excluding steroid dienone is 2. The van der Waals surface area contributed by atoms with Gasteiger partial charge in [-0.05, 0) is 108 Å². The second kappa shape index (κ2) is 12.1. The highest BCUT2D eigenvalue weighted by atomic mass is 35.5. The van der Waals surface area contributed by atoms with E-state index in [-0.39, 0.29) is 5.43 Å². The van der Waals surface area contributed by atoms with Gasteiger partial charge in [0.25, 0.3) is 0 Å².